The molecule has 0 unspecified atom stereocenters. The van der Waals surface area contributed by atoms with Crippen LogP contribution >= 0.6 is 11.8 Å². The molecule has 4 rings (SSSR count). The van der Waals surface area contributed by atoms with Crippen molar-refractivity contribution < 1.29 is 14.7 Å². The molecule has 0 N–H and O–H groups in total. The average molecular weight is 239 g/mol. The van der Waals surface area contributed by atoms with Gasteiger partial charge in [0, 0.05) is 4.75 Å². The van der Waals surface area contributed by atoms with E-state index in [0.29, 0.717) is 0 Å². The third-order valence-corrected chi connectivity index (χ3v) is 5.74. The van der Waals surface area contributed by atoms with Gasteiger partial charge in [0.15, 0.2) is 0 Å². The Labute approximate surface area is 99.0 Å². The molecule has 3 nitrogen and oxygen atoms in total. The van der Waals surface area contributed by atoms with Crippen LogP contribution in [0.3, 0.4) is 0 Å². The minimum atomic E-state index is -1.53. The molecule has 16 heavy (non-hydrogen) atoms. The van der Waals surface area contributed by atoms with E-state index in [1.54, 1.807) is 0 Å². The highest BCUT2D eigenvalue weighted by Crippen LogP contribution is 2.60. The van der Waals surface area contributed by atoms with E-state index < -0.39 is 11.1 Å². The molecule has 88 valence electrons. The van der Waals surface area contributed by atoms with Gasteiger partial charge in [-0.15, -0.1) is 0 Å². The summed E-state index contributed by atoms with van der Waals surface area (Å²) >= 11 is 1.06. The van der Waals surface area contributed by atoms with Gasteiger partial charge in [-0.3, -0.25) is 4.79 Å². The van der Waals surface area contributed by atoms with Crippen molar-refractivity contribution in [2.75, 3.05) is 0 Å². The van der Waals surface area contributed by atoms with E-state index in [2.05, 4.69) is 0 Å². The molecule has 4 heteroatoms. The summed E-state index contributed by atoms with van der Waals surface area (Å²) in [6.45, 7) is 0. The minimum absolute atomic E-state index is 0.0497. The van der Waals surface area contributed by atoms with E-state index >= 15 is 0 Å². The maximum absolute atomic E-state index is 11.3. The Bertz CT molecular complexity index is 315. The smallest absolute Gasteiger partial charge is 0.235 e. The predicted molar refractivity (Wildman–Crippen MR) is 58.5 cm³/mol. The van der Waals surface area contributed by atoms with E-state index in [0.717, 1.165) is 48.8 Å². The maximum Gasteiger partial charge on any atom is 0.235 e. The molecule has 0 radical (unpaired) electrons. The summed E-state index contributed by atoms with van der Waals surface area (Å²) in [6, 6.07) is 0. The van der Waals surface area contributed by atoms with Crippen LogP contribution < -0.4 is 5.11 Å². The van der Waals surface area contributed by atoms with Crippen LogP contribution in [0.1, 0.15) is 38.5 Å². The van der Waals surface area contributed by atoms with Crippen LogP contribution in [0, 0.1) is 17.8 Å². The quantitative estimate of drug-likeness (QED) is 0.640. The summed E-state index contributed by atoms with van der Waals surface area (Å²) in [5.74, 6) is 0.704. The Hall–Kier alpha value is -0.510. The fourth-order valence-corrected chi connectivity index (χ4v) is 5.83. The van der Waals surface area contributed by atoms with Gasteiger partial charge >= 0.3 is 0 Å². The number of carbonyl (C=O) groups excluding carboxylic acids is 2. The number of thioether (sulfide) groups is 1. The van der Waals surface area contributed by atoms with Crippen molar-refractivity contribution in [1.29, 1.82) is 0 Å². The minimum Gasteiger partial charge on any atom is -0.541 e. The molecule has 4 saturated carbocycles. The zero-order chi connectivity index (χ0) is 11.3. The standard InChI is InChI=1S/C12H16O3S/c13-10(14)11(15)16-12-4-7-1-8(5-12)3-9(2-7)6-12/h7-9H,1-6H2,(H,13,14)/p-1. The normalized spacial score (nSPS) is 44.6. The van der Waals surface area contributed by atoms with Crippen LogP contribution in [0.5, 0.6) is 0 Å². The Kier molecular flexibility index (Phi) is 2.32. The van der Waals surface area contributed by atoms with Crippen molar-refractivity contribution in [2.24, 2.45) is 17.8 Å². The summed E-state index contributed by atoms with van der Waals surface area (Å²) in [5.41, 5.74) is 0. The zero-order valence-electron chi connectivity index (χ0n) is 9.11. The fourth-order valence-electron chi connectivity index (χ4n) is 4.39. The van der Waals surface area contributed by atoms with E-state index in [9.17, 15) is 14.7 Å². The summed E-state index contributed by atoms with van der Waals surface area (Å²) in [6.07, 6.45) is 7.05. The molecule has 4 aliphatic rings. The third kappa shape index (κ3) is 1.67. The zero-order valence-corrected chi connectivity index (χ0v) is 9.92. The summed E-state index contributed by atoms with van der Waals surface area (Å²) < 4.78 is -0.0497. The van der Waals surface area contributed by atoms with Crippen LogP contribution in [0.25, 0.3) is 0 Å². The predicted octanol–water partition coefficient (Wildman–Crippen LogP) is 0.965. The Morgan fingerprint density at radius 3 is 1.81 bits per heavy atom. The van der Waals surface area contributed by atoms with E-state index in [4.69, 9.17) is 0 Å². The molecule has 0 saturated heterocycles. The van der Waals surface area contributed by atoms with Crippen molar-refractivity contribution in [3.63, 3.8) is 0 Å². The number of aliphatic carboxylic acids is 1. The van der Waals surface area contributed by atoms with Gasteiger partial charge < -0.3 is 9.90 Å². The number of hydrogen-bond acceptors (Lipinski definition) is 4. The molecule has 0 aliphatic heterocycles. The number of rotatable bonds is 1. The summed E-state index contributed by atoms with van der Waals surface area (Å²) in [5, 5.41) is 9.78. The highest BCUT2D eigenvalue weighted by Gasteiger charge is 2.52. The molecule has 0 spiro atoms. The summed E-state index contributed by atoms with van der Waals surface area (Å²) in [7, 11) is 0. The number of carbonyl (C=O) groups is 2. The molecule has 0 aromatic heterocycles. The molecule has 0 aromatic carbocycles. The second-order valence-corrected chi connectivity index (χ2v) is 7.22. The SMILES string of the molecule is O=C([O-])C(=O)SC12CC3CC(CC(C3)C1)C2. The average Bonchev–Trinajstić information content (AvgIpc) is 2.13. The van der Waals surface area contributed by atoms with E-state index in [1.165, 1.54) is 19.3 Å². The Balaban J connectivity index is 1.78. The van der Waals surface area contributed by atoms with Gasteiger partial charge in [0.25, 0.3) is 0 Å². The third-order valence-electron chi connectivity index (χ3n) is 4.46. The van der Waals surface area contributed by atoms with E-state index in [-0.39, 0.29) is 4.75 Å². The first-order valence-corrected chi connectivity index (χ1v) is 6.82. The Morgan fingerprint density at radius 2 is 1.44 bits per heavy atom. The number of carboxylic acids is 1. The number of carboxylic acid groups (broad SMARTS) is 1. The van der Waals surface area contributed by atoms with Gasteiger partial charge in [0.2, 0.25) is 5.12 Å². The first-order chi connectivity index (χ1) is 7.56. The lowest BCUT2D eigenvalue weighted by molar-refractivity contribution is -0.298. The van der Waals surface area contributed by atoms with Crippen molar-refractivity contribution in [1.82, 2.24) is 0 Å². The second-order valence-electron chi connectivity index (χ2n) is 5.78. The van der Waals surface area contributed by atoms with E-state index in [1.807, 2.05) is 0 Å². The largest absolute Gasteiger partial charge is 0.541 e. The molecule has 4 fully saturated rings. The van der Waals surface area contributed by atoms with Gasteiger partial charge in [0.05, 0.1) is 0 Å². The van der Waals surface area contributed by atoms with Gasteiger partial charge in [-0.2, -0.15) is 0 Å². The van der Waals surface area contributed by atoms with Crippen LogP contribution in [-0.4, -0.2) is 15.8 Å². The van der Waals surface area contributed by atoms with Gasteiger partial charge in [0.1, 0.15) is 5.97 Å². The summed E-state index contributed by atoms with van der Waals surface area (Å²) in [4.78, 5) is 21.9. The molecular weight excluding hydrogens is 224 g/mol. The van der Waals surface area contributed by atoms with Crippen LogP contribution in [0.2, 0.25) is 0 Å². The van der Waals surface area contributed by atoms with Crippen molar-refractivity contribution in [2.45, 2.75) is 43.3 Å². The fraction of sp³-hybridized carbons (Fsp3) is 0.833. The van der Waals surface area contributed by atoms with Crippen LogP contribution in [-0.2, 0) is 9.59 Å². The van der Waals surface area contributed by atoms with Crippen LogP contribution in [0.15, 0.2) is 0 Å². The van der Waals surface area contributed by atoms with Crippen molar-refractivity contribution in [3.05, 3.63) is 0 Å². The lowest BCUT2D eigenvalue weighted by Gasteiger charge is -2.56. The maximum atomic E-state index is 11.3. The Morgan fingerprint density at radius 1 is 1.00 bits per heavy atom. The van der Waals surface area contributed by atoms with Gasteiger partial charge in [-0.25, -0.2) is 0 Å². The monoisotopic (exact) mass is 239 g/mol. The second kappa shape index (κ2) is 3.49. The van der Waals surface area contributed by atoms with Crippen molar-refractivity contribution >= 4 is 22.8 Å². The molecule has 0 amide bonds. The molecule has 4 bridgehead atoms. The topological polar surface area (TPSA) is 57.2 Å². The van der Waals surface area contributed by atoms with Gasteiger partial charge in [-0.1, -0.05) is 11.8 Å². The molecular formula is C12H15O3S-. The number of hydrogen-bond donors (Lipinski definition) is 0. The molecule has 0 atom stereocenters. The van der Waals surface area contributed by atoms with Crippen LogP contribution in [0.4, 0.5) is 0 Å². The highest BCUT2D eigenvalue weighted by molar-refractivity contribution is 8.16. The highest BCUT2D eigenvalue weighted by atomic mass is 32.2. The lowest BCUT2D eigenvalue weighted by atomic mass is 9.56. The van der Waals surface area contributed by atoms with Gasteiger partial charge in [-0.05, 0) is 56.3 Å². The first kappa shape index (κ1) is 10.6. The first-order valence-electron chi connectivity index (χ1n) is 6.01. The van der Waals surface area contributed by atoms with Crippen molar-refractivity contribution in [3.8, 4) is 0 Å². The lowest BCUT2D eigenvalue weighted by Crippen LogP contribution is -2.49. The molecule has 0 aromatic rings. The molecule has 4 aliphatic carbocycles. The molecule has 0 heterocycles.